The van der Waals surface area contributed by atoms with E-state index in [1.807, 2.05) is 30.3 Å². The van der Waals surface area contributed by atoms with Crippen LogP contribution in [0.3, 0.4) is 0 Å². The first-order valence-corrected chi connectivity index (χ1v) is 4.09. The van der Waals surface area contributed by atoms with E-state index in [9.17, 15) is 5.21 Å². The third-order valence-corrected chi connectivity index (χ3v) is 1.99. The summed E-state index contributed by atoms with van der Waals surface area (Å²) in [5.41, 5.74) is 12.7. The van der Waals surface area contributed by atoms with E-state index in [1.54, 1.807) is 0 Å². The Balaban J connectivity index is 2.58. The molecule has 2 rings (SSSR count). The maximum absolute atomic E-state index is 9.18. The van der Waals surface area contributed by atoms with Gasteiger partial charge in [-0.2, -0.15) is 0 Å². The lowest BCUT2D eigenvalue weighted by molar-refractivity contribution is 0.156. The fourth-order valence-corrected chi connectivity index (χ4v) is 1.24. The molecule has 72 valence electrons. The number of nitrogens with two attached hydrogens (primary N) is 2. The molecule has 5 nitrogen and oxygen atoms in total. The Kier molecular flexibility index (Phi) is 1.78. The Bertz CT molecular complexity index is 449. The van der Waals surface area contributed by atoms with Crippen LogP contribution in [0.1, 0.15) is 0 Å². The zero-order valence-corrected chi connectivity index (χ0v) is 7.38. The standard InChI is InChI=1S/C9H10N4O/c10-7-8(12-13(14)9(7)11)6-4-2-1-3-5-6/h1-5,14H,10-11H2. The molecule has 1 aromatic carbocycles. The maximum atomic E-state index is 9.18. The number of hydrogen-bond acceptors (Lipinski definition) is 4. The molecule has 14 heavy (non-hydrogen) atoms. The molecular formula is C9H10N4O. The summed E-state index contributed by atoms with van der Waals surface area (Å²) in [6.07, 6.45) is 0. The average molecular weight is 190 g/mol. The zero-order valence-electron chi connectivity index (χ0n) is 7.38. The Hall–Kier alpha value is -2.17. The Morgan fingerprint density at radius 3 is 2.29 bits per heavy atom. The highest BCUT2D eigenvalue weighted by Crippen LogP contribution is 2.28. The summed E-state index contributed by atoms with van der Waals surface area (Å²) in [5, 5.41) is 13.0. The molecule has 0 aliphatic rings. The largest absolute Gasteiger partial charge is 0.410 e. The molecule has 5 heteroatoms. The Morgan fingerprint density at radius 2 is 1.79 bits per heavy atom. The molecule has 0 aliphatic carbocycles. The van der Waals surface area contributed by atoms with Crippen LogP contribution in [-0.2, 0) is 0 Å². The van der Waals surface area contributed by atoms with Gasteiger partial charge >= 0.3 is 0 Å². The normalized spacial score (nSPS) is 10.3. The summed E-state index contributed by atoms with van der Waals surface area (Å²) in [4.78, 5) is 0.581. The van der Waals surface area contributed by atoms with Crippen LogP contribution < -0.4 is 11.5 Å². The van der Waals surface area contributed by atoms with E-state index in [0.717, 1.165) is 5.56 Å². The molecule has 0 aliphatic heterocycles. The van der Waals surface area contributed by atoms with Crippen molar-refractivity contribution in [1.82, 2.24) is 9.94 Å². The van der Waals surface area contributed by atoms with Crippen LogP contribution >= 0.6 is 0 Å². The first-order valence-electron chi connectivity index (χ1n) is 4.09. The number of nitrogens with zero attached hydrogens (tertiary/aromatic N) is 2. The molecule has 0 spiro atoms. The molecule has 1 aromatic heterocycles. The molecule has 0 atom stereocenters. The zero-order chi connectivity index (χ0) is 10.1. The van der Waals surface area contributed by atoms with E-state index < -0.39 is 0 Å². The van der Waals surface area contributed by atoms with Gasteiger partial charge < -0.3 is 16.7 Å². The molecule has 0 unspecified atom stereocenters. The van der Waals surface area contributed by atoms with Gasteiger partial charge in [0.1, 0.15) is 11.4 Å². The monoisotopic (exact) mass is 190 g/mol. The molecule has 0 saturated carbocycles. The van der Waals surface area contributed by atoms with Crippen molar-refractivity contribution in [3.8, 4) is 11.3 Å². The van der Waals surface area contributed by atoms with Gasteiger partial charge in [0, 0.05) is 5.56 Å². The minimum absolute atomic E-state index is 0.0591. The SMILES string of the molecule is Nc1c(-c2ccccc2)nn(O)c1N. The molecule has 5 N–H and O–H groups in total. The summed E-state index contributed by atoms with van der Waals surface area (Å²) >= 11 is 0. The van der Waals surface area contributed by atoms with Crippen LogP contribution in [0.4, 0.5) is 11.5 Å². The number of aromatic nitrogens is 2. The first-order chi connectivity index (χ1) is 6.70. The number of hydrogen-bond donors (Lipinski definition) is 3. The van der Waals surface area contributed by atoms with Crippen LogP contribution in [0, 0.1) is 0 Å². The van der Waals surface area contributed by atoms with Crippen molar-refractivity contribution in [2.75, 3.05) is 11.5 Å². The van der Waals surface area contributed by atoms with Gasteiger partial charge in [0.15, 0.2) is 5.82 Å². The van der Waals surface area contributed by atoms with Crippen LogP contribution in [0.5, 0.6) is 0 Å². The number of rotatable bonds is 1. The minimum Gasteiger partial charge on any atom is -0.410 e. The van der Waals surface area contributed by atoms with Gasteiger partial charge in [0.25, 0.3) is 0 Å². The lowest BCUT2D eigenvalue weighted by Gasteiger charge is -1.96. The number of nitrogen functional groups attached to an aromatic ring is 2. The fourth-order valence-electron chi connectivity index (χ4n) is 1.24. The molecular weight excluding hydrogens is 180 g/mol. The van der Waals surface area contributed by atoms with Gasteiger partial charge in [-0.3, -0.25) is 0 Å². The summed E-state index contributed by atoms with van der Waals surface area (Å²) in [6, 6.07) is 9.30. The van der Waals surface area contributed by atoms with Crippen LogP contribution in [0.2, 0.25) is 0 Å². The van der Waals surface area contributed by atoms with E-state index in [2.05, 4.69) is 5.10 Å². The van der Waals surface area contributed by atoms with Crippen molar-refractivity contribution in [3.63, 3.8) is 0 Å². The average Bonchev–Trinajstić information content (AvgIpc) is 2.47. The van der Waals surface area contributed by atoms with Crippen molar-refractivity contribution >= 4 is 11.5 Å². The quantitative estimate of drug-likeness (QED) is 0.584. The van der Waals surface area contributed by atoms with Crippen LogP contribution in [0.25, 0.3) is 11.3 Å². The predicted molar refractivity (Wildman–Crippen MR) is 53.7 cm³/mol. The van der Waals surface area contributed by atoms with E-state index in [1.165, 1.54) is 0 Å². The van der Waals surface area contributed by atoms with Gasteiger partial charge in [-0.1, -0.05) is 35.2 Å². The van der Waals surface area contributed by atoms with Crippen molar-refractivity contribution in [2.24, 2.45) is 0 Å². The molecule has 2 aromatic rings. The predicted octanol–water partition coefficient (Wildman–Crippen LogP) is 0.952. The third-order valence-electron chi connectivity index (χ3n) is 1.99. The van der Waals surface area contributed by atoms with Crippen molar-refractivity contribution in [3.05, 3.63) is 30.3 Å². The second-order valence-corrected chi connectivity index (χ2v) is 2.90. The molecule has 0 saturated heterocycles. The van der Waals surface area contributed by atoms with Crippen molar-refractivity contribution < 1.29 is 5.21 Å². The highest BCUT2D eigenvalue weighted by molar-refractivity contribution is 5.79. The Morgan fingerprint density at radius 1 is 1.14 bits per heavy atom. The smallest absolute Gasteiger partial charge is 0.186 e. The molecule has 0 amide bonds. The van der Waals surface area contributed by atoms with Crippen LogP contribution in [-0.4, -0.2) is 15.2 Å². The van der Waals surface area contributed by atoms with Crippen molar-refractivity contribution in [1.29, 1.82) is 0 Å². The van der Waals surface area contributed by atoms with Gasteiger partial charge in [0.05, 0.1) is 0 Å². The van der Waals surface area contributed by atoms with Gasteiger partial charge in [-0.25, -0.2) is 0 Å². The van der Waals surface area contributed by atoms with E-state index >= 15 is 0 Å². The summed E-state index contributed by atoms with van der Waals surface area (Å²) in [5.74, 6) is 0.0591. The van der Waals surface area contributed by atoms with E-state index in [0.29, 0.717) is 16.2 Å². The third kappa shape index (κ3) is 1.15. The summed E-state index contributed by atoms with van der Waals surface area (Å²) in [7, 11) is 0. The summed E-state index contributed by atoms with van der Waals surface area (Å²) < 4.78 is 0. The van der Waals surface area contributed by atoms with Crippen molar-refractivity contribution in [2.45, 2.75) is 0 Å². The molecule has 0 radical (unpaired) electrons. The van der Waals surface area contributed by atoms with Gasteiger partial charge in [-0.05, 0) is 0 Å². The summed E-state index contributed by atoms with van der Waals surface area (Å²) in [6.45, 7) is 0. The number of benzene rings is 1. The van der Waals surface area contributed by atoms with E-state index in [-0.39, 0.29) is 5.82 Å². The number of anilines is 2. The topological polar surface area (TPSA) is 90.1 Å². The molecule has 0 bridgehead atoms. The Labute approximate surface area is 80.5 Å². The first kappa shape index (κ1) is 8.43. The second-order valence-electron chi connectivity index (χ2n) is 2.90. The van der Waals surface area contributed by atoms with Gasteiger partial charge in [-0.15, -0.1) is 5.10 Å². The van der Waals surface area contributed by atoms with E-state index in [4.69, 9.17) is 11.5 Å². The molecule has 1 heterocycles. The van der Waals surface area contributed by atoms with Gasteiger partial charge in [0.2, 0.25) is 0 Å². The fraction of sp³-hybridized carbons (Fsp3) is 0. The molecule has 0 fully saturated rings. The maximum Gasteiger partial charge on any atom is 0.186 e. The lowest BCUT2D eigenvalue weighted by atomic mass is 10.1. The van der Waals surface area contributed by atoms with Crippen LogP contribution in [0.15, 0.2) is 30.3 Å². The highest BCUT2D eigenvalue weighted by atomic mass is 16.5. The lowest BCUT2D eigenvalue weighted by Crippen LogP contribution is -2.00. The second kappa shape index (κ2) is 2.95. The minimum atomic E-state index is 0.0591. The highest BCUT2D eigenvalue weighted by Gasteiger charge is 2.12.